The molecule has 1 aromatic rings. The molecule has 1 aromatic heterocycles. The molecule has 1 saturated carbocycles. The van der Waals surface area contributed by atoms with E-state index in [2.05, 4.69) is 16.4 Å². The predicted octanol–water partition coefficient (Wildman–Crippen LogP) is 2.07. The first-order chi connectivity index (χ1) is 8.54. The third kappa shape index (κ3) is 2.43. The molecule has 1 aliphatic rings. The van der Waals surface area contributed by atoms with Crippen molar-refractivity contribution in [3.63, 3.8) is 0 Å². The third-order valence-electron chi connectivity index (χ3n) is 3.34. The number of nitrogens with one attached hydrogen (secondary N) is 1. The molecule has 0 radical (unpaired) electrons. The molecule has 2 rings (SSSR count). The van der Waals surface area contributed by atoms with Gasteiger partial charge >= 0.3 is 5.97 Å². The Morgan fingerprint density at radius 2 is 2.33 bits per heavy atom. The molecule has 5 nitrogen and oxygen atoms in total. The van der Waals surface area contributed by atoms with Gasteiger partial charge in [-0.2, -0.15) is 5.26 Å². The summed E-state index contributed by atoms with van der Waals surface area (Å²) in [6, 6.07) is 5.55. The summed E-state index contributed by atoms with van der Waals surface area (Å²) >= 11 is 0. The van der Waals surface area contributed by atoms with Crippen LogP contribution in [0.25, 0.3) is 0 Å². The number of anilines is 1. The van der Waals surface area contributed by atoms with Crippen molar-refractivity contribution in [3.8, 4) is 6.07 Å². The second-order valence-corrected chi connectivity index (χ2v) is 4.79. The van der Waals surface area contributed by atoms with Crippen LogP contribution in [0.4, 0.5) is 5.82 Å². The fourth-order valence-corrected chi connectivity index (χ4v) is 2.23. The number of hydrogen-bond acceptors (Lipinski definition) is 4. The van der Waals surface area contributed by atoms with E-state index >= 15 is 0 Å². The summed E-state index contributed by atoms with van der Waals surface area (Å²) < 4.78 is 0. The second-order valence-electron chi connectivity index (χ2n) is 4.79. The van der Waals surface area contributed by atoms with Gasteiger partial charge in [0, 0.05) is 11.2 Å². The van der Waals surface area contributed by atoms with Crippen molar-refractivity contribution in [2.24, 2.45) is 0 Å². The zero-order valence-corrected chi connectivity index (χ0v) is 10.2. The van der Waals surface area contributed by atoms with Crippen molar-refractivity contribution < 1.29 is 9.90 Å². The highest BCUT2D eigenvalue weighted by Gasteiger charge is 2.39. The van der Waals surface area contributed by atoms with Gasteiger partial charge in [0.2, 0.25) is 0 Å². The van der Waals surface area contributed by atoms with E-state index in [0.717, 1.165) is 25.0 Å². The van der Waals surface area contributed by atoms with E-state index in [1.165, 1.54) is 0 Å². The molecular weight excluding hydrogens is 230 g/mol. The van der Waals surface area contributed by atoms with Crippen LogP contribution in [-0.2, 0) is 4.79 Å². The van der Waals surface area contributed by atoms with E-state index in [4.69, 9.17) is 10.4 Å². The predicted molar refractivity (Wildman–Crippen MR) is 66.1 cm³/mol. The molecule has 0 unspecified atom stereocenters. The number of carboxylic acids is 1. The van der Waals surface area contributed by atoms with E-state index in [1.54, 1.807) is 12.1 Å². The lowest BCUT2D eigenvalue weighted by molar-refractivity contribution is -0.138. The van der Waals surface area contributed by atoms with Gasteiger partial charge in [-0.1, -0.05) is 0 Å². The van der Waals surface area contributed by atoms with Crippen molar-refractivity contribution >= 4 is 11.8 Å². The van der Waals surface area contributed by atoms with Gasteiger partial charge in [0.05, 0.1) is 12.0 Å². The number of nitriles is 1. The van der Waals surface area contributed by atoms with Crippen LogP contribution in [-0.4, -0.2) is 21.6 Å². The number of carboxylic acid groups (broad SMARTS) is 1. The molecule has 94 valence electrons. The fourth-order valence-electron chi connectivity index (χ4n) is 2.23. The Kier molecular flexibility index (Phi) is 3.19. The molecule has 0 atom stereocenters. The van der Waals surface area contributed by atoms with Gasteiger partial charge in [0.15, 0.2) is 0 Å². The Hall–Kier alpha value is -2.09. The van der Waals surface area contributed by atoms with Crippen LogP contribution in [0.5, 0.6) is 0 Å². The van der Waals surface area contributed by atoms with E-state index in [-0.39, 0.29) is 6.42 Å². The topological polar surface area (TPSA) is 86.0 Å². The van der Waals surface area contributed by atoms with Crippen molar-refractivity contribution in [3.05, 3.63) is 23.4 Å². The first-order valence-electron chi connectivity index (χ1n) is 5.92. The summed E-state index contributed by atoms with van der Waals surface area (Å²) in [5.74, 6) is -0.327. The zero-order chi connectivity index (χ0) is 13.2. The summed E-state index contributed by atoms with van der Waals surface area (Å²) in [6.45, 7) is 1.84. The SMILES string of the molecule is Cc1ccc(C#N)c(NC2(CC(=O)O)CCC2)n1. The molecular formula is C13H15N3O2. The zero-order valence-electron chi connectivity index (χ0n) is 10.2. The van der Waals surface area contributed by atoms with E-state index in [9.17, 15) is 4.79 Å². The number of hydrogen-bond donors (Lipinski definition) is 2. The maximum absolute atomic E-state index is 10.9. The molecule has 0 amide bonds. The molecule has 5 heteroatoms. The van der Waals surface area contributed by atoms with Crippen LogP contribution in [0.3, 0.4) is 0 Å². The Balaban J connectivity index is 2.25. The number of aliphatic carboxylic acids is 1. The van der Waals surface area contributed by atoms with Crippen molar-refractivity contribution in [2.75, 3.05) is 5.32 Å². The highest BCUT2D eigenvalue weighted by Crippen LogP contribution is 2.38. The smallest absolute Gasteiger partial charge is 0.305 e. The molecule has 1 fully saturated rings. The summed E-state index contributed by atoms with van der Waals surface area (Å²) in [6.07, 6.45) is 2.68. The lowest BCUT2D eigenvalue weighted by atomic mass is 9.74. The summed E-state index contributed by atoms with van der Waals surface area (Å²) in [4.78, 5) is 15.2. The number of aryl methyl sites for hydroxylation is 1. The van der Waals surface area contributed by atoms with Crippen LogP contribution in [0.15, 0.2) is 12.1 Å². The van der Waals surface area contributed by atoms with Crippen LogP contribution in [0.2, 0.25) is 0 Å². The molecule has 0 bridgehead atoms. The van der Waals surface area contributed by atoms with Gasteiger partial charge in [-0.05, 0) is 38.3 Å². The molecule has 1 heterocycles. The largest absolute Gasteiger partial charge is 0.481 e. The number of carbonyl (C=O) groups is 1. The maximum Gasteiger partial charge on any atom is 0.305 e. The summed E-state index contributed by atoms with van der Waals surface area (Å²) in [5, 5.41) is 21.1. The Bertz CT molecular complexity index is 515. The quantitative estimate of drug-likeness (QED) is 0.848. The minimum Gasteiger partial charge on any atom is -0.481 e. The molecule has 1 aliphatic carbocycles. The lowest BCUT2D eigenvalue weighted by Crippen LogP contribution is -2.47. The number of nitrogens with zero attached hydrogens (tertiary/aromatic N) is 2. The maximum atomic E-state index is 10.9. The van der Waals surface area contributed by atoms with Crippen molar-refractivity contribution in [1.82, 2.24) is 4.98 Å². The molecule has 0 aromatic carbocycles. The van der Waals surface area contributed by atoms with Gasteiger partial charge in [-0.3, -0.25) is 4.79 Å². The van der Waals surface area contributed by atoms with Crippen LogP contribution < -0.4 is 5.32 Å². The monoisotopic (exact) mass is 245 g/mol. The van der Waals surface area contributed by atoms with Crippen LogP contribution in [0.1, 0.15) is 36.9 Å². The summed E-state index contributed by atoms with van der Waals surface area (Å²) in [7, 11) is 0. The van der Waals surface area contributed by atoms with E-state index < -0.39 is 11.5 Å². The summed E-state index contributed by atoms with van der Waals surface area (Å²) in [5.41, 5.74) is 0.830. The average Bonchev–Trinajstić information content (AvgIpc) is 2.26. The molecule has 18 heavy (non-hydrogen) atoms. The Labute approximate surface area is 105 Å². The minimum atomic E-state index is -0.826. The van der Waals surface area contributed by atoms with Gasteiger partial charge < -0.3 is 10.4 Å². The fraction of sp³-hybridized carbons (Fsp3) is 0.462. The van der Waals surface area contributed by atoms with E-state index in [1.807, 2.05) is 6.92 Å². The first-order valence-corrected chi connectivity index (χ1v) is 5.92. The number of pyridine rings is 1. The minimum absolute atomic E-state index is 0.0630. The highest BCUT2D eigenvalue weighted by molar-refractivity contribution is 5.70. The Morgan fingerprint density at radius 3 is 2.83 bits per heavy atom. The lowest BCUT2D eigenvalue weighted by Gasteiger charge is -2.42. The van der Waals surface area contributed by atoms with E-state index in [0.29, 0.717) is 11.4 Å². The molecule has 0 aliphatic heterocycles. The second kappa shape index (κ2) is 4.65. The number of aromatic nitrogens is 1. The van der Waals surface area contributed by atoms with Gasteiger partial charge in [-0.15, -0.1) is 0 Å². The standard InChI is InChI=1S/C13H15N3O2/c1-9-3-4-10(8-14)12(15-9)16-13(5-2-6-13)7-11(17)18/h3-4H,2,5-7H2,1H3,(H,15,16)(H,17,18). The average molecular weight is 245 g/mol. The van der Waals surface area contributed by atoms with Crippen LogP contribution >= 0.6 is 0 Å². The Morgan fingerprint density at radius 1 is 1.61 bits per heavy atom. The molecule has 0 spiro atoms. The highest BCUT2D eigenvalue weighted by atomic mass is 16.4. The third-order valence-corrected chi connectivity index (χ3v) is 3.34. The van der Waals surface area contributed by atoms with Crippen LogP contribution in [0, 0.1) is 18.3 Å². The molecule has 0 saturated heterocycles. The van der Waals surface area contributed by atoms with Gasteiger partial charge in [0.1, 0.15) is 11.9 Å². The van der Waals surface area contributed by atoms with Gasteiger partial charge in [-0.25, -0.2) is 4.98 Å². The number of rotatable bonds is 4. The first kappa shape index (κ1) is 12.4. The van der Waals surface area contributed by atoms with Crippen molar-refractivity contribution in [1.29, 1.82) is 5.26 Å². The normalized spacial score (nSPS) is 16.4. The van der Waals surface area contributed by atoms with Gasteiger partial charge in [0.25, 0.3) is 0 Å². The van der Waals surface area contributed by atoms with Crippen molar-refractivity contribution in [2.45, 2.75) is 38.1 Å². The molecule has 2 N–H and O–H groups in total.